The zero-order valence-electron chi connectivity index (χ0n) is 24.1. The van der Waals surface area contributed by atoms with Gasteiger partial charge in [-0.2, -0.15) is 0 Å². The van der Waals surface area contributed by atoms with Crippen molar-refractivity contribution in [2.75, 3.05) is 25.2 Å². The summed E-state index contributed by atoms with van der Waals surface area (Å²) in [6.45, 7) is 3.45. The molecule has 2 aliphatic rings. The van der Waals surface area contributed by atoms with Crippen LogP contribution in [0.5, 0.6) is 5.75 Å². The summed E-state index contributed by atoms with van der Waals surface area (Å²) in [4.78, 5) is 47.6. The number of esters is 2. The van der Waals surface area contributed by atoms with Crippen molar-refractivity contribution < 1.29 is 33.0 Å². The number of benzene rings is 2. The third-order valence-electron chi connectivity index (χ3n) is 7.68. The van der Waals surface area contributed by atoms with Crippen molar-refractivity contribution >= 4 is 23.4 Å². The Labute approximate surface area is 248 Å². The molecule has 0 bridgehead atoms. The topological polar surface area (TPSA) is 121 Å². The Morgan fingerprint density at radius 2 is 1.77 bits per heavy atom. The van der Waals surface area contributed by atoms with E-state index < -0.39 is 41.3 Å². The van der Waals surface area contributed by atoms with Crippen LogP contribution in [-0.4, -0.2) is 43.0 Å². The van der Waals surface area contributed by atoms with Gasteiger partial charge in [-0.05, 0) is 67.8 Å². The van der Waals surface area contributed by atoms with Gasteiger partial charge in [0.15, 0.2) is 5.78 Å². The van der Waals surface area contributed by atoms with E-state index in [0.29, 0.717) is 28.3 Å². The number of halogens is 1. The van der Waals surface area contributed by atoms with Gasteiger partial charge < -0.3 is 19.9 Å². The second-order valence-corrected chi connectivity index (χ2v) is 10.1. The number of pyridine rings is 1. The zero-order valence-corrected chi connectivity index (χ0v) is 24.1. The van der Waals surface area contributed by atoms with Gasteiger partial charge in [0.05, 0.1) is 37.5 Å². The van der Waals surface area contributed by atoms with Gasteiger partial charge in [0, 0.05) is 29.6 Å². The Bertz CT molecular complexity index is 1620. The first-order chi connectivity index (χ1) is 20.8. The average Bonchev–Trinajstić information content (AvgIpc) is 3.01. The molecule has 0 unspecified atom stereocenters. The highest BCUT2D eigenvalue weighted by Crippen LogP contribution is 2.51. The van der Waals surface area contributed by atoms with Crippen LogP contribution in [0, 0.1) is 11.7 Å². The molecule has 43 heavy (non-hydrogen) atoms. The van der Waals surface area contributed by atoms with Gasteiger partial charge in [-0.1, -0.05) is 24.3 Å². The van der Waals surface area contributed by atoms with E-state index in [4.69, 9.17) is 19.9 Å². The molecule has 1 aliphatic heterocycles. The summed E-state index contributed by atoms with van der Waals surface area (Å²) in [5.41, 5.74) is 8.89. The maximum Gasteiger partial charge on any atom is 0.338 e. The minimum Gasteiger partial charge on any atom is -0.497 e. The highest BCUT2D eigenvalue weighted by molar-refractivity contribution is 6.14. The van der Waals surface area contributed by atoms with Crippen LogP contribution in [0.15, 0.2) is 95.7 Å². The molecule has 9 nitrogen and oxygen atoms in total. The number of hydrogen-bond donors (Lipinski definition) is 1. The summed E-state index contributed by atoms with van der Waals surface area (Å²) in [6, 6.07) is 16.3. The molecule has 222 valence electrons. The Morgan fingerprint density at radius 3 is 2.44 bits per heavy atom. The molecule has 5 rings (SSSR count). The van der Waals surface area contributed by atoms with Crippen molar-refractivity contribution in [3.8, 4) is 5.75 Å². The second-order valence-electron chi connectivity index (χ2n) is 10.1. The molecule has 10 heteroatoms. The molecule has 2 heterocycles. The number of carbonyl (C=O) groups excluding carboxylic acids is 3. The molecule has 1 aromatic heterocycles. The van der Waals surface area contributed by atoms with Gasteiger partial charge >= 0.3 is 11.9 Å². The molecular formula is C33H32FN3O6. The minimum atomic E-state index is -1.23. The number of Topliss-reactive ketones (excluding diaryl/α,β-unsaturated/α-hetero) is 1. The lowest BCUT2D eigenvalue weighted by Crippen LogP contribution is -2.46. The Morgan fingerprint density at radius 1 is 1.02 bits per heavy atom. The highest BCUT2D eigenvalue weighted by Gasteiger charge is 2.51. The van der Waals surface area contributed by atoms with Crippen LogP contribution in [0.25, 0.3) is 0 Å². The smallest absolute Gasteiger partial charge is 0.338 e. The molecule has 0 saturated carbocycles. The predicted molar refractivity (Wildman–Crippen MR) is 156 cm³/mol. The summed E-state index contributed by atoms with van der Waals surface area (Å²) in [5.74, 6) is -4.86. The maximum absolute atomic E-state index is 14.7. The van der Waals surface area contributed by atoms with Gasteiger partial charge in [0.25, 0.3) is 0 Å². The fourth-order valence-electron chi connectivity index (χ4n) is 5.91. The third kappa shape index (κ3) is 5.48. The van der Waals surface area contributed by atoms with E-state index in [2.05, 4.69) is 4.98 Å². The molecular weight excluding hydrogens is 553 g/mol. The number of nitrogens with two attached hydrogens (primary N) is 1. The van der Waals surface area contributed by atoms with Crippen LogP contribution in [0.2, 0.25) is 0 Å². The number of methoxy groups -OCH3 is 1. The van der Waals surface area contributed by atoms with Crippen molar-refractivity contribution in [2.24, 2.45) is 11.7 Å². The number of aromatic nitrogens is 1. The van der Waals surface area contributed by atoms with Crippen molar-refractivity contribution in [3.63, 3.8) is 0 Å². The van der Waals surface area contributed by atoms with Gasteiger partial charge in [-0.15, -0.1) is 0 Å². The third-order valence-corrected chi connectivity index (χ3v) is 7.68. The normalized spacial score (nSPS) is 20.0. The summed E-state index contributed by atoms with van der Waals surface area (Å²) in [6.07, 6.45) is 3.25. The minimum absolute atomic E-state index is 0.00588. The molecule has 1 aliphatic carbocycles. The van der Waals surface area contributed by atoms with E-state index in [1.807, 2.05) is 6.07 Å². The van der Waals surface area contributed by atoms with E-state index in [9.17, 15) is 18.8 Å². The molecule has 2 aromatic carbocycles. The fraction of sp³-hybridized carbons (Fsp3) is 0.273. The number of ether oxygens (including phenoxy) is 3. The monoisotopic (exact) mass is 585 g/mol. The number of allylic oxidation sites excluding steroid dienone is 2. The number of ketones is 1. The van der Waals surface area contributed by atoms with Crippen molar-refractivity contribution in [1.29, 1.82) is 0 Å². The van der Waals surface area contributed by atoms with Crippen LogP contribution in [0.1, 0.15) is 43.2 Å². The SMILES string of the molecule is CCOC(=O)C1=C(N)N(c2cccc(F)c2)C2=C(C(=O)[C@@H](C(=O)OCC)[C@@H](c3cccc(OC)c3)C2)[C@@H]1c1cccnc1. The van der Waals surface area contributed by atoms with E-state index >= 15 is 0 Å². The predicted octanol–water partition coefficient (Wildman–Crippen LogP) is 4.76. The van der Waals surface area contributed by atoms with Crippen molar-refractivity contribution in [3.05, 3.63) is 113 Å². The second kappa shape index (κ2) is 12.5. The average molecular weight is 586 g/mol. The largest absolute Gasteiger partial charge is 0.497 e. The van der Waals surface area contributed by atoms with Crippen LogP contribution < -0.4 is 15.4 Å². The standard InChI is InChI=1S/C33H32FN3O6/c1-4-42-32(39)27-24(19-9-6-13-23(15-19)41-3)17-25-28(30(27)38)26(20-10-8-14-36-18-20)29(33(40)43-5-2)31(35)37(25)22-12-7-11-21(34)16-22/h6-16,18,24,26-27H,4-5,17,35H2,1-3H3/t24-,26+,27+/m1/s1. The molecule has 0 saturated heterocycles. The van der Waals surface area contributed by atoms with Gasteiger partial charge in [-0.3, -0.25) is 19.5 Å². The Hall–Kier alpha value is -4.99. The Balaban J connectivity index is 1.82. The summed E-state index contributed by atoms with van der Waals surface area (Å²) >= 11 is 0. The molecule has 2 N–H and O–H groups in total. The van der Waals surface area contributed by atoms with Crippen molar-refractivity contribution in [2.45, 2.75) is 32.1 Å². The molecule has 0 spiro atoms. The van der Waals surface area contributed by atoms with E-state index in [1.54, 1.807) is 62.6 Å². The zero-order chi connectivity index (χ0) is 30.7. The van der Waals surface area contributed by atoms with E-state index in [0.717, 1.165) is 0 Å². The number of rotatable bonds is 8. The maximum atomic E-state index is 14.7. The van der Waals surface area contributed by atoms with Crippen LogP contribution in [-0.2, 0) is 23.9 Å². The molecule has 0 radical (unpaired) electrons. The van der Waals surface area contributed by atoms with Gasteiger partial charge in [0.2, 0.25) is 0 Å². The lowest BCUT2D eigenvalue weighted by molar-refractivity contribution is -0.152. The van der Waals surface area contributed by atoms with Gasteiger partial charge in [0.1, 0.15) is 23.3 Å². The van der Waals surface area contributed by atoms with E-state index in [1.165, 1.54) is 30.2 Å². The number of nitrogens with zero attached hydrogens (tertiary/aromatic N) is 2. The number of hydrogen-bond acceptors (Lipinski definition) is 9. The highest BCUT2D eigenvalue weighted by atomic mass is 19.1. The first-order valence-corrected chi connectivity index (χ1v) is 14.0. The summed E-state index contributed by atoms with van der Waals surface area (Å²) in [5, 5.41) is 0. The summed E-state index contributed by atoms with van der Waals surface area (Å²) < 4.78 is 30.9. The lowest BCUT2D eigenvalue weighted by Gasteiger charge is -2.44. The summed E-state index contributed by atoms with van der Waals surface area (Å²) in [7, 11) is 1.53. The van der Waals surface area contributed by atoms with Crippen LogP contribution in [0.3, 0.4) is 0 Å². The first-order valence-electron chi connectivity index (χ1n) is 14.0. The molecule has 3 atom stereocenters. The first kappa shape index (κ1) is 29.5. The van der Waals surface area contributed by atoms with Crippen LogP contribution >= 0.6 is 0 Å². The molecule has 0 fully saturated rings. The number of anilines is 1. The van der Waals surface area contributed by atoms with Crippen LogP contribution in [0.4, 0.5) is 10.1 Å². The number of carbonyl (C=O) groups is 3. The fourth-order valence-corrected chi connectivity index (χ4v) is 5.91. The lowest BCUT2D eigenvalue weighted by atomic mass is 9.67. The molecule has 3 aromatic rings. The van der Waals surface area contributed by atoms with Crippen molar-refractivity contribution in [1.82, 2.24) is 4.98 Å². The Kier molecular flexibility index (Phi) is 8.56. The van der Waals surface area contributed by atoms with E-state index in [-0.39, 0.29) is 36.6 Å². The molecule has 0 amide bonds. The van der Waals surface area contributed by atoms with Gasteiger partial charge in [-0.25, -0.2) is 9.18 Å². The quantitative estimate of drug-likeness (QED) is 0.295.